The average molecular weight is 545 g/mol. The molecule has 2 aromatic carbocycles. The van der Waals surface area contributed by atoms with Gasteiger partial charge in [-0.15, -0.1) is 0 Å². The molecule has 4 nitrogen and oxygen atoms in total. The number of alkyl halides is 1. The standard InChI is InChI=1S/C30H42BrNO3/c1-8-11-17-25(28(32)35-27(31)26(33)21-15-13-12-14-16-21)34-24-19-18-22(29(4,5)9-2)20-23(24)30(6,7)10-3/h12-16,18-20,25,27,32H,8-11,17H2,1-7H3. The quantitative estimate of drug-likeness (QED) is 0.119. The van der Waals surface area contributed by atoms with Crippen LogP contribution in [0, 0.1) is 5.41 Å². The largest absolute Gasteiger partial charge is 0.480 e. The van der Waals surface area contributed by atoms with Gasteiger partial charge in [-0.25, -0.2) is 0 Å². The zero-order valence-corrected chi connectivity index (χ0v) is 24.0. The molecular weight excluding hydrogens is 502 g/mol. The molecule has 0 bridgehead atoms. The fourth-order valence-electron chi connectivity index (χ4n) is 3.74. The fraction of sp³-hybridized carbons (Fsp3) is 0.533. The Hall–Kier alpha value is -2.14. The lowest BCUT2D eigenvalue weighted by Crippen LogP contribution is -2.34. The summed E-state index contributed by atoms with van der Waals surface area (Å²) in [6, 6.07) is 15.4. The van der Waals surface area contributed by atoms with Gasteiger partial charge < -0.3 is 9.47 Å². The van der Waals surface area contributed by atoms with Crippen LogP contribution in [0.25, 0.3) is 0 Å². The number of carbonyl (C=O) groups is 1. The molecule has 0 aliphatic heterocycles. The van der Waals surface area contributed by atoms with Crippen LogP contribution in [0.4, 0.5) is 0 Å². The van der Waals surface area contributed by atoms with E-state index in [4.69, 9.17) is 14.9 Å². The molecule has 2 atom stereocenters. The second kappa shape index (κ2) is 12.7. The number of hydrogen-bond acceptors (Lipinski definition) is 4. The molecule has 2 rings (SSSR count). The Morgan fingerprint density at radius 1 is 0.971 bits per heavy atom. The Morgan fingerprint density at radius 2 is 1.60 bits per heavy atom. The molecule has 35 heavy (non-hydrogen) atoms. The highest BCUT2D eigenvalue weighted by molar-refractivity contribution is 9.09. The first-order valence-electron chi connectivity index (χ1n) is 12.8. The summed E-state index contributed by atoms with van der Waals surface area (Å²) in [5.41, 5.74) is 2.94. The van der Waals surface area contributed by atoms with Crippen LogP contribution in [0.1, 0.15) is 102 Å². The van der Waals surface area contributed by atoms with Crippen LogP contribution in [-0.4, -0.2) is 22.8 Å². The van der Waals surface area contributed by atoms with Crippen LogP contribution in [-0.2, 0) is 15.6 Å². The van der Waals surface area contributed by atoms with Crippen molar-refractivity contribution in [2.24, 2.45) is 0 Å². The first-order valence-corrected chi connectivity index (χ1v) is 13.7. The molecule has 1 N–H and O–H groups in total. The third-order valence-corrected chi connectivity index (χ3v) is 7.74. The van der Waals surface area contributed by atoms with Gasteiger partial charge >= 0.3 is 0 Å². The van der Waals surface area contributed by atoms with Gasteiger partial charge in [0, 0.05) is 11.1 Å². The molecule has 0 aromatic heterocycles. The molecule has 0 saturated heterocycles. The Balaban J connectivity index is 2.33. The maximum absolute atomic E-state index is 12.8. The van der Waals surface area contributed by atoms with Gasteiger partial charge in [0.05, 0.1) is 0 Å². The molecule has 0 radical (unpaired) electrons. The van der Waals surface area contributed by atoms with E-state index in [9.17, 15) is 4.79 Å². The van der Waals surface area contributed by atoms with Crippen LogP contribution < -0.4 is 4.74 Å². The van der Waals surface area contributed by atoms with Crippen molar-refractivity contribution < 1.29 is 14.3 Å². The lowest BCUT2D eigenvalue weighted by atomic mass is 9.76. The number of Topliss-reactive ketones (excluding diaryl/α,β-unsaturated/α-hetero) is 1. The second-order valence-electron chi connectivity index (χ2n) is 10.5. The van der Waals surface area contributed by atoms with Crippen LogP contribution in [0.15, 0.2) is 48.5 Å². The number of nitrogens with one attached hydrogen (secondary N) is 1. The van der Waals surface area contributed by atoms with Gasteiger partial charge in [0.25, 0.3) is 0 Å². The van der Waals surface area contributed by atoms with Crippen molar-refractivity contribution in [1.82, 2.24) is 0 Å². The SMILES string of the molecule is CCCCC(Oc1ccc(C(C)(C)CC)cc1C(C)(C)CC)C(=N)OC(Br)C(=O)c1ccccc1. The number of rotatable bonds is 13. The normalized spacial score (nSPS) is 13.7. The highest BCUT2D eigenvalue weighted by Crippen LogP contribution is 2.39. The van der Waals surface area contributed by atoms with Crippen LogP contribution in [0.5, 0.6) is 5.75 Å². The Labute approximate surface area is 220 Å². The van der Waals surface area contributed by atoms with Crippen LogP contribution >= 0.6 is 15.9 Å². The van der Waals surface area contributed by atoms with E-state index in [0.717, 1.165) is 37.0 Å². The maximum Gasteiger partial charge on any atom is 0.224 e. The van der Waals surface area contributed by atoms with Gasteiger partial charge in [0.1, 0.15) is 5.75 Å². The average Bonchev–Trinajstić information content (AvgIpc) is 2.86. The number of ether oxygens (including phenoxy) is 2. The number of hydrogen-bond donors (Lipinski definition) is 1. The predicted molar refractivity (Wildman–Crippen MR) is 149 cm³/mol. The molecule has 0 saturated carbocycles. The van der Waals surface area contributed by atoms with Gasteiger partial charge in [-0.1, -0.05) is 97.4 Å². The van der Waals surface area contributed by atoms with E-state index in [1.807, 2.05) is 24.3 Å². The van der Waals surface area contributed by atoms with E-state index in [1.54, 1.807) is 12.1 Å². The number of benzene rings is 2. The first-order chi connectivity index (χ1) is 16.5. The molecule has 0 aliphatic rings. The van der Waals surface area contributed by atoms with Crippen molar-refractivity contribution >= 4 is 27.6 Å². The van der Waals surface area contributed by atoms with Gasteiger partial charge in [-0.3, -0.25) is 10.2 Å². The third kappa shape index (κ3) is 7.67. The van der Waals surface area contributed by atoms with Crippen molar-refractivity contribution in [3.8, 4) is 5.75 Å². The van der Waals surface area contributed by atoms with Crippen molar-refractivity contribution in [2.45, 2.75) is 103 Å². The summed E-state index contributed by atoms with van der Waals surface area (Å²) >= 11 is 3.33. The van der Waals surface area contributed by atoms with Crippen molar-refractivity contribution in [3.63, 3.8) is 0 Å². The minimum Gasteiger partial charge on any atom is -0.480 e. The number of halogens is 1. The van der Waals surface area contributed by atoms with Gasteiger partial charge in [-0.2, -0.15) is 0 Å². The number of carbonyl (C=O) groups excluding carboxylic acids is 1. The molecule has 192 valence electrons. The maximum atomic E-state index is 12.8. The molecule has 0 fully saturated rings. The van der Waals surface area contributed by atoms with Gasteiger partial charge in [0.2, 0.25) is 16.7 Å². The van der Waals surface area contributed by atoms with E-state index < -0.39 is 11.1 Å². The molecule has 0 spiro atoms. The van der Waals surface area contributed by atoms with Gasteiger partial charge in [0.15, 0.2) is 6.10 Å². The van der Waals surface area contributed by atoms with E-state index in [0.29, 0.717) is 12.0 Å². The van der Waals surface area contributed by atoms with Crippen molar-refractivity contribution in [3.05, 3.63) is 65.2 Å². The van der Waals surface area contributed by atoms with Crippen LogP contribution in [0.3, 0.4) is 0 Å². The van der Waals surface area contributed by atoms with E-state index in [-0.39, 0.29) is 22.5 Å². The number of ketones is 1. The molecule has 2 unspecified atom stereocenters. The minimum atomic E-state index is -0.940. The molecular formula is C30H42BrNO3. The topological polar surface area (TPSA) is 59.4 Å². The second-order valence-corrected chi connectivity index (χ2v) is 11.3. The Bertz CT molecular complexity index is 984. The lowest BCUT2D eigenvalue weighted by Gasteiger charge is -2.32. The predicted octanol–water partition coefficient (Wildman–Crippen LogP) is 8.60. The summed E-state index contributed by atoms with van der Waals surface area (Å²) in [7, 11) is 0. The highest BCUT2D eigenvalue weighted by atomic mass is 79.9. The molecule has 0 heterocycles. The summed E-state index contributed by atoms with van der Waals surface area (Å²) in [6.45, 7) is 15.5. The van der Waals surface area contributed by atoms with Crippen molar-refractivity contribution in [2.75, 3.05) is 0 Å². The summed E-state index contributed by atoms with van der Waals surface area (Å²) in [5.74, 6) is 0.522. The summed E-state index contributed by atoms with van der Waals surface area (Å²) in [5, 5.41) is 7.73. The monoisotopic (exact) mass is 543 g/mol. The molecule has 5 heteroatoms. The first kappa shape index (κ1) is 29.1. The Morgan fingerprint density at radius 3 is 2.17 bits per heavy atom. The van der Waals surface area contributed by atoms with E-state index in [1.165, 1.54) is 5.56 Å². The minimum absolute atomic E-state index is 0.0391. The smallest absolute Gasteiger partial charge is 0.224 e. The molecule has 0 amide bonds. The summed E-state index contributed by atoms with van der Waals surface area (Å²) in [4.78, 5) is 12.8. The number of unbranched alkanes of at least 4 members (excludes halogenated alkanes) is 1. The third-order valence-electron chi connectivity index (χ3n) is 7.13. The Kier molecular flexibility index (Phi) is 10.6. The summed E-state index contributed by atoms with van der Waals surface area (Å²) < 4.78 is 12.3. The fourth-order valence-corrected chi connectivity index (χ4v) is 4.20. The van der Waals surface area contributed by atoms with Crippen LogP contribution in [0.2, 0.25) is 0 Å². The molecule has 2 aromatic rings. The molecule has 0 aliphatic carbocycles. The zero-order valence-electron chi connectivity index (χ0n) is 22.4. The van der Waals surface area contributed by atoms with Crippen molar-refractivity contribution in [1.29, 1.82) is 5.41 Å². The highest BCUT2D eigenvalue weighted by Gasteiger charge is 2.30. The van der Waals surface area contributed by atoms with E-state index in [2.05, 4.69) is 76.5 Å². The zero-order chi connectivity index (χ0) is 26.2. The van der Waals surface area contributed by atoms with Gasteiger partial charge in [-0.05, 0) is 64.1 Å². The summed E-state index contributed by atoms with van der Waals surface area (Å²) in [6.07, 6.45) is 3.94. The lowest BCUT2D eigenvalue weighted by molar-refractivity contribution is 0.0863. The van der Waals surface area contributed by atoms with E-state index >= 15 is 0 Å².